The topological polar surface area (TPSA) is 99.6 Å². The number of nitrogens with zero attached hydrogens (tertiary/aromatic N) is 2. The molecule has 2 aromatic rings. The lowest BCUT2D eigenvalue weighted by molar-refractivity contribution is 0.0598. The van der Waals surface area contributed by atoms with E-state index in [0.717, 1.165) is 0 Å². The Morgan fingerprint density at radius 3 is 2.17 bits per heavy atom. The molecule has 0 radical (unpaired) electrons. The highest BCUT2D eigenvalue weighted by molar-refractivity contribution is 6.09. The Labute approximate surface area is 138 Å². The van der Waals surface area contributed by atoms with E-state index in [-0.39, 0.29) is 34.6 Å². The fraction of sp³-hybridized carbons (Fsp3) is 0.250. The molecule has 1 aromatic carbocycles. The van der Waals surface area contributed by atoms with E-state index < -0.39 is 5.97 Å². The number of ketones is 1. The van der Waals surface area contributed by atoms with Crippen molar-refractivity contribution in [3.05, 3.63) is 35.4 Å². The van der Waals surface area contributed by atoms with E-state index in [1.165, 1.54) is 34.3 Å². The number of hydrogen-bond donors (Lipinski definition) is 1. The van der Waals surface area contributed by atoms with Crippen LogP contribution in [0.25, 0.3) is 0 Å². The smallest absolute Gasteiger partial charge is 0.340 e. The number of methoxy groups -OCH3 is 3. The standard InChI is InChI=1S/C16H17N3O5/c1-9(20)10-6-5-7-11(14(10)15(21)24-4)17-16-18-12(22-2)8-13(19-16)23-3/h5-8H,1-4H3,(H,17,18,19). The van der Waals surface area contributed by atoms with Crippen molar-refractivity contribution in [2.24, 2.45) is 0 Å². The molecule has 0 atom stereocenters. The minimum atomic E-state index is -0.641. The Morgan fingerprint density at radius 1 is 1.04 bits per heavy atom. The summed E-state index contributed by atoms with van der Waals surface area (Å²) in [5.41, 5.74) is 0.685. The van der Waals surface area contributed by atoms with Gasteiger partial charge in [0, 0.05) is 5.56 Å². The summed E-state index contributed by atoms with van der Waals surface area (Å²) in [5, 5.41) is 2.90. The lowest BCUT2D eigenvalue weighted by atomic mass is 10.0. The zero-order valence-electron chi connectivity index (χ0n) is 13.7. The van der Waals surface area contributed by atoms with Gasteiger partial charge in [0.25, 0.3) is 0 Å². The summed E-state index contributed by atoms with van der Waals surface area (Å²) in [4.78, 5) is 32.1. The van der Waals surface area contributed by atoms with E-state index in [1.807, 2.05) is 0 Å². The summed E-state index contributed by atoms with van der Waals surface area (Å²) >= 11 is 0. The number of carbonyl (C=O) groups is 2. The van der Waals surface area contributed by atoms with E-state index in [1.54, 1.807) is 18.2 Å². The minimum Gasteiger partial charge on any atom is -0.481 e. The molecule has 8 nitrogen and oxygen atoms in total. The number of Topliss-reactive ketones (excluding diaryl/α,β-unsaturated/α-hetero) is 1. The molecule has 0 fully saturated rings. The summed E-state index contributed by atoms with van der Waals surface area (Å²) in [6, 6.07) is 6.32. The highest BCUT2D eigenvalue weighted by Crippen LogP contribution is 2.26. The molecule has 1 heterocycles. The number of hydrogen-bond acceptors (Lipinski definition) is 8. The van der Waals surface area contributed by atoms with Crippen molar-refractivity contribution in [2.45, 2.75) is 6.92 Å². The summed E-state index contributed by atoms with van der Waals surface area (Å²) in [7, 11) is 4.16. The Morgan fingerprint density at radius 2 is 1.67 bits per heavy atom. The van der Waals surface area contributed by atoms with Crippen LogP contribution in [-0.2, 0) is 4.74 Å². The molecule has 0 saturated heterocycles. The first-order valence-electron chi connectivity index (χ1n) is 6.96. The first-order chi connectivity index (χ1) is 11.5. The lowest BCUT2D eigenvalue weighted by Crippen LogP contribution is -2.12. The zero-order chi connectivity index (χ0) is 17.7. The second-order valence-electron chi connectivity index (χ2n) is 4.68. The molecule has 1 aromatic heterocycles. The van der Waals surface area contributed by atoms with Gasteiger partial charge in [-0.25, -0.2) is 4.79 Å². The molecule has 0 aliphatic heterocycles. The predicted octanol–water partition coefficient (Wildman–Crippen LogP) is 2.23. The largest absolute Gasteiger partial charge is 0.481 e. The van der Waals surface area contributed by atoms with Crippen LogP contribution in [0.15, 0.2) is 24.3 Å². The van der Waals surface area contributed by atoms with Crippen LogP contribution >= 0.6 is 0 Å². The molecular formula is C16H17N3O5. The van der Waals surface area contributed by atoms with Crippen LogP contribution in [0.5, 0.6) is 11.8 Å². The molecule has 0 aliphatic carbocycles. The average molecular weight is 331 g/mol. The van der Waals surface area contributed by atoms with E-state index in [9.17, 15) is 9.59 Å². The maximum Gasteiger partial charge on any atom is 0.340 e. The number of ether oxygens (including phenoxy) is 3. The average Bonchev–Trinajstić information content (AvgIpc) is 2.60. The number of aromatic nitrogens is 2. The summed E-state index contributed by atoms with van der Waals surface area (Å²) < 4.78 is 14.9. The number of rotatable bonds is 6. The molecule has 2 rings (SSSR count). The number of nitrogens with one attached hydrogen (secondary N) is 1. The maximum absolute atomic E-state index is 12.1. The van der Waals surface area contributed by atoms with Crippen molar-refractivity contribution >= 4 is 23.4 Å². The van der Waals surface area contributed by atoms with Gasteiger partial charge in [0.2, 0.25) is 17.7 Å². The number of anilines is 2. The third kappa shape index (κ3) is 3.60. The molecule has 1 N–H and O–H groups in total. The molecule has 0 amide bonds. The summed E-state index contributed by atoms with van der Waals surface area (Å²) in [6.07, 6.45) is 0. The Balaban J connectivity index is 2.52. The van der Waals surface area contributed by atoms with Crippen LogP contribution in [0.1, 0.15) is 27.6 Å². The Hall–Kier alpha value is -3.16. The molecule has 0 saturated carbocycles. The number of carbonyl (C=O) groups excluding carboxylic acids is 2. The van der Waals surface area contributed by atoms with Gasteiger partial charge in [-0.05, 0) is 13.0 Å². The zero-order valence-corrected chi connectivity index (χ0v) is 13.7. The molecule has 126 valence electrons. The number of esters is 1. The first kappa shape index (κ1) is 17.2. The van der Waals surface area contributed by atoms with Crippen molar-refractivity contribution in [3.8, 4) is 11.8 Å². The van der Waals surface area contributed by atoms with Crippen LogP contribution in [-0.4, -0.2) is 43.0 Å². The second-order valence-corrected chi connectivity index (χ2v) is 4.68. The number of benzene rings is 1. The van der Waals surface area contributed by atoms with Gasteiger partial charge in [-0.15, -0.1) is 0 Å². The molecule has 0 spiro atoms. The summed E-state index contributed by atoms with van der Waals surface area (Å²) in [6.45, 7) is 1.37. The lowest BCUT2D eigenvalue weighted by Gasteiger charge is -2.13. The van der Waals surface area contributed by atoms with Crippen molar-refractivity contribution in [1.29, 1.82) is 0 Å². The Kier molecular flexibility index (Phi) is 5.31. The molecule has 0 bridgehead atoms. The van der Waals surface area contributed by atoms with Crippen LogP contribution in [0.4, 0.5) is 11.6 Å². The van der Waals surface area contributed by atoms with Crippen LogP contribution < -0.4 is 14.8 Å². The van der Waals surface area contributed by atoms with Gasteiger partial charge in [0.1, 0.15) is 0 Å². The highest BCUT2D eigenvalue weighted by Gasteiger charge is 2.20. The predicted molar refractivity (Wildman–Crippen MR) is 86.2 cm³/mol. The van der Waals surface area contributed by atoms with Gasteiger partial charge in [-0.1, -0.05) is 12.1 Å². The normalized spacial score (nSPS) is 10.0. The van der Waals surface area contributed by atoms with Crippen LogP contribution in [0.2, 0.25) is 0 Å². The third-order valence-electron chi connectivity index (χ3n) is 3.18. The van der Waals surface area contributed by atoms with Gasteiger partial charge < -0.3 is 19.5 Å². The fourth-order valence-corrected chi connectivity index (χ4v) is 2.06. The van der Waals surface area contributed by atoms with E-state index in [0.29, 0.717) is 5.69 Å². The second kappa shape index (κ2) is 7.40. The van der Waals surface area contributed by atoms with Gasteiger partial charge in [-0.3, -0.25) is 4.79 Å². The first-order valence-corrected chi connectivity index (χ1v) is 6.96. The van der Waals surface area contributed by atoms with Gasteiger partial charge in [-0.2, -0.15) is 9.97 Å². The van der Waals surface area contributed by atoms with Crippen molar-refractivity contribution < 1.29 is 23.8 Å². The van der Waals surface area contributed by atoms with E-state index >= 15 is 0 Å². The van der Waals surface area contributed by atoms with Crippen molar-refractivity contribution in [2.75, 3.05) is 26.6 Å². The highest BCUT2D eigenvalue weighted by atomic mass is 16.5. The van der Waals surface area contributed by atoms with Gasteiger partial charge in [0.15, 0.2) is 5.78 Å². The van der Waals surface area contributed by atoms with Gasteiger partial charge in [0.05, 0.1) is 38.6 Å². The quantitative estimate of drug-likeness (QED) is 0.635. The van der Waals surface area contributed by atoms with Crippen LogP contribution in [0, 0.1) is 0 Å². The molecular weight excluding hydrogens is 314 g/mol. The minimum absolute atomic E-state index is 0.109. The van der Waals surface area contributed by atoms with E-state index in [2.05, 4.69) is 15.3 Å². The SMILES string of the molecule is COC(=O)c1c(Nc2nc(OC)cc(OC)n2)cccc1C(C)=O. The third-order valence-corrected chi connectivity index (χ3v) is 3.18. The van der Waals surface area contributed by atoms with Crippen molar-refractivity contribution in [1.82, 2.24) is 9.97 Å². The Bertz CT molecular complexity index is 754. The van der Waals surface area contributed by atoms with Crippen LogP contribution in [0.3, 0.4) is 0 Å². The maximum atomic E-state index is 12.1. The molecule has 0 aliphatic rings. The monoisotopic (exact) mass is 331 g/mol. The van der Waals surface area contributed by atoms with E-state index in [4.69, 9.17) is 14.2 Å². The summed E-state index contributed by atoms with van der Waals surface area (Å²) in [5.74, 6) is -0.184. The molecule has 0 unspecified atom stereocenters. The van der Waals surface area contributed by atoms with Gasteiger partial charge >= 0.3 is 5.97 Å². The van der Waals surface area contributed by atoms with Crippen molar-refractivity contribution in [3.63, 3.8) is 0 Å². The molecule has 8 heteroatoms. The fourth-order valence-electron chi connectivity index (χ4n) is 2.06. The molecule has 24 heavy (non-hydrogen) atoms.